The van der Waals surface area contributed by atoms with Crippen LogP contribution in [0.3, 0.4) is 0 Å². The standard InChI is InChI=1S/C11H11ClF2O2/c1-3-16-8-5-4-7(11(13)14)10(12)9(8)6(2)15/h4-5,11H,3H2,1-2H3. The summed E-state index contributed by atoms with van der Waals surface area (Å²) in [6, 6.07) is 2.51. The molecule has 0 heterocycles. The van der Waals surface area contributed by atoms with E-state index in [1.54, 1.807) is 6.92 Å². The van der Waals surface area contributed by atoms with Gasteiger partial charge in [0, 0.05) is 5.56 Å². The SMILES string of the molecule is CCOc1ccc(C(F)F)c(Cl)c1C(C)=O. The lowest BCUT2D eigenvalue weighted by atomic mass is 10.1. The number of alkyl halides is 2. The Balaban J connectivity index is 3.35. The Morgan fingerprint density at radius 1 is 1.50 bits per heavy atom. The van der Waals surface area contributed by atoms with Crippen LogP contribution in [-0.4, -0.2) is 12.4 Å². The van der Waals surface area contributed by atoms with Gasteiger partial charge in [-0.3, -0.25) is 4.79 Å². The first kappa shape index (κ1) is 12.9. The molecule has 0 fully saturated rings. The fourth-order valence-electron chi connectivity index (χ4n) is 1.35. The summed E-state index contributed by atoms with van der Waals surface area (Å²) < 4.78 is 30.3. The molecule has 2 nitrogen and oxygen atoms in total. The summed E-state index contributed by atoms with van der Waals surface area (Å²) in [4.78, 5) is 11.3. The lowest BCUT2D eigenvalue weighted by Crippen LogP contribution is -2.03. The van der Waals surface area contributed by atoms with Crippen molar-refractivity contribution in [2.45, 2.75) is 20.3 Å². The van der Waals surface area contributed by atoms with Gasteiger partial charge in [-0.25, -0.2) is 8.78 Å². The van der Waals surface area contributed by atoms with Crippen LogP contribution in [0.4, 0.5) is 8.78 Å². The lowest BCUT2D eigenvalue weighted by molar-refractivity contribution is 0.101. The molecule has 1 rings (SSSR count). The van der Waals surface area contributed by atoms with Crippen LogP contribution in [0.5, 0.6) is 5.75 Å². The third-order valence-electron chi connectivity index (χ3n) is 2.02. The van der Waals surface area contributed by atoms with Crippen LogP contribution in [0.1, 0.15) is 36.2 Å². The molecule has 0 aliphatic rings. The second-order valence-corrected chi connectivity index (χ2v) is 3.51. The number of hydrogen-bond donors (Lipinski definition) is 0. The van der Waals surface area contributed by atoms with E-state index in [1.165, 1.54) is 19.1 Å². The van der Waals surface area contributed by atoms with Gasteiger partial charge in [-0.1, -0.05) is 11.6 Å². The number of halogens is 3. The minimum absolute atomic E-state index is 0.0151. The van der Waals surface area contributed by atoms with Crippen LogP contribution in [0, 0.1) is 0 Å². The third kappa shape index (κ3) is 2.50. The number of ether oxygens (including phenoxy) is 1. The minimum atomic E-state index is -2.71. The summed E-state index contributed by atoms with van der Waals surface area (Å²) in [7, 11) is 0. The Kier molecular flexibility index (Phi) is 4.24. The van der Waals surface area contributed by atoms with Crippen LogP contribution in [0.2, 0.25) is 5.02 Å². The van der Waals surface area contributed by atoms with Gasteiger partial charge in [-0.15, -0.1) is 0 Å². The van der Waals surface area contributed by atoms with E-state index in [4.69, 9.17) is 16.3 Å². The highest BCUT2D eigenvalue weighted by atomic mass is 35.5. The van der Waals surface area contributed by atoms with Crippen LogP contribution in [0.15, 0.2) is 12.1 Å². The van der Waals surface area contributed by atoms with E-state index in [2.05, 4.69) is 0 Å². The summed E-state index contributed by atoms with van der Waals surface area (Å²) in [6.45, 7) is 3.34. The molecule has 0 aromatic heterocycles. The van der Waals surface area contributed by atoms with Crippen molar-refractivity contribution in [3.63, 3.8) is 0 Å². The molecule has 0 saturated carbocycles. The van der Waals surface area contributed by atoms with Crippen molar-refractivity contribution >= 4 is 17.4 Å². The summed E-state index contributed by atoms with van der Waals surface area (Å²) in [6.07, 6.45) is -2.71. The number of hydrogen-bond acceptors (Lipinski definition) is 2. The molecule has 1 aromatic carbocycles. The summed E-state index contributed by atoms with van der Waals surface area (Å²) >= 11 is 5.76. The highest BCUT2D eigenvalue weighted by Gasteiger charge is 2.20. The van der Waals surface area contributed by atoms with Crippen molar-refractivity contribution in [3.8, 4) is 5.75 Å². The zero-order valence-electron chi connectivity index (χ0n) is 8.89. The average molecular weight is 249 g/mol. The van der Waals surface area contributed by atoms with Gasteiger partial charge in [0.15, 0.2) is 5.78 Å². The maximum Gasteiger partial charge on any atom is 0.265 e. The van der Waals surface area contributed by atoms with Crippen molar-refractivity contribution in [1.29, 1.82) is 0 Å². The van der Waals surface area contributed by atoms with Gasteiger partial charge in [0.05, 0.1) is 17.2 Å². The number of rotatable bonds is 4. The fraction of sp³-hybridized carbons (Fsp3) is 0.364. The van der Waals surface area contributed by atoms with Gasteiger partial charge >= 0.3 is 0 Å². The first-order valence-corrected chi connectivity index (χ1v) is 5.11. The maximum atomic E-state index is 12.6. The number of carbonyl (C=O) groups excluding carboxylic acids is 1. The van der Waals surface area contributed by atoms with Crippen molar-refractivity contribution in [1.82, 2.24) is 0 Å². The zero-order valence-corrected chi connectivity index (χ0v) is 9.65. The maximum absolute atomic E-state index is 12.6. The Bertz CT molecular complexity index is 405. The highest BCUT2D eigenvalue weighted by Crippen LogP contribution is 2.35. The summed E-state index contributed by atoms with van der Waals surface area (Å²) in [5, 5.41) is -0.228. The number of ketones is 1. The molecule has 0 radical (unpaired) electrons. The Hall–Kier alpha value is -1.16. The number of benzene rings is 1. The van der Waals surface area contributed by atoms with E-state index in [1.807, 2.05) is 0 Å². The molecular weight excluding hydrogens is 238 g/mol. The fourth-order valence-corrected chi connectivity index (χ4v) is 1.72. The molecule has 5 heteroatoms. The molecule has 1 aromatic rings. The molecule has 0 bridgehead atoms. The van der Waals surface area contributed by atoms with Crippen molar-refractivity contribution < 1.29 is 18.3 Å². The molecule has 0 spiro atoms. The average Bonchev–Trinajstić information content (AvgIpc) is 2.17. The summed E-state index contributed by atoms with van der Waals surface area (Å²) in [5.74, 6) is -0.152. The van der Waals surface area contributed by atoms with Gasteiger partial charge in [0.2, 0.25) is 0 Å². The minimum Gasteiger partial charge on any atom is -0.493 e. The topological polar surface area (TPSA) is 26.3 Å². The predicted molar refractivity (Wildman–Crippen MR) is 57.6 cm³/mol. The highest BCUT2D eigenvalue weighted by molar-refractivity contribution is 6.35. The van der Waals surface area contributed by atoms with Crippen molar-refractivity contribution in [2.75, 3.05) is 6.61 Å². The Morgan fingerprint density at radius 3 is 2.56 bits per heavy atom. The van der Waals surface area contributed by atoms with Gasteiger partial charge in [-0.2, -0.15) is 0 Å². The number of Topliss-reactive ketones (excluding diaryl/α,β-unsaturated/α-hetero) is 1. The molecule has 0 aliphatic carbocycles. The summed E-state index contributed by atoms with van der Waals surface area (Å²) in [5.41, 5.74) is -0.336. The largest absolute Gasteiger partial charge is 0.493 e. The smallest absolute Gasteiger partial charge is 0.265 e. The molecule has 88 valence electrons. The predicted octanol–water partition coefficient (Wildman–Crippen LogP) is 3.88. The van der Waals surface area contributed by atoms with Gasteiger partial charge in [0.25, 0.3) is 6.43 Å². The van der Waals surface area contributed by atoms with Crippen LogP contribution in [-0.2, 0) is 0 Å². The first-order valence-electron chi connectivity index (χ1n) is 4.73. The molecule has 16 heavy (non-hydrogen) atoms. The monoisotopic (exact) mass is 248 g/mol. The quantitative estimate of drug-likeness (QED) is 0.756. The molecule has 0 atom stereocenters. The molecule has 0 amide bonds. The van der Waals surface area contributed by atoms with E-state index in [0.717, 1.165) is 0 Å². The van der Waals surface area contributed by atoms with Gasteiger partial charge < -0.3 is 4.74 Å². The second-order valence-electron chi connectivity index (χ2n) is 3.13. The van der Waals surface area contributed by atoms with E-state index in [-0.39, 0.29) is 21.9 Å². The van der Waals surface area contributed by atoms with E-state index >= 15 is 0 Å². The lowest BCUT2D eigenvalue weighted by Gasteiger charge is -2.12. The molecule has 0 saturated heterocycles. The van der Waals surface area contributed by atoms with Crippen LogP contribution < -0.4 is 4.74 Å². The van der Waals surface area contributed by atoms with Crippen molar-refractivity contribution in [2.24, 2.45) is 0 Å². The second kappa shape index (κ2) is 5.25. The number of carbonyl (C=O) groups is 1. The molecule has 0 aliphatic heterocycles. The molecule has 0 unspecified atom stereocenters. The van der Waals surface area contributed by atoms with Crippen LogP contribution >= 0.6 is 11.6 Å². The zero-order chi connectivity index (χ0) is 12.3. The molecule has 0 N–H and O–H groups in total. The van der Waals surface area contributed by atoms with Gasteiger partial charge in [0.1, 0.15) is 5.75 Å². The third-order valence-corrected chi connectivity index (χ3v) is 2.43. The van der Waals surface area contributed by atoms with Crippen LogP contribution in [0.25, 0.3) is 0 Å². The molecular formula is C11H11ClF2O2. The van der Waals surface area contributed by atoms with Crippen molar-refractivity contribution in [3.05, 3.63) is 28.3 Å². The Morgan fingerprint density at radius 2 is 2.12 bits per heavy atom. The van der Waals surface area contributed by atoms with E-state index < -0.39 is 12.2 Å². The first-order chi connectivity index (χ1) is 7.49. The van der Waals surface area contributed by atoms with E-state index in [0.29, 0.717) is 6.61 Å². The normalized spacial score (nSPS) is 10.6. The Labute approximate surface area is 97.2 Å². The van der Waals surface area contributed by atoms with Gasteiger partial charge in [-0.05, 0) is 26.0 Å². The van der Waals surface area contributed by atoms with E-state index in [9.17, 15) is 13.6 Å².